The molecular formula is C32H43Cl2N5O5. The van der Waals surface area contributed by atoms with E-state index in [1.165, 1.54) is 4.90 Å². The van der Waals surface area contributed by atoms with Gasteiger partial charge in [0.15, 0.2) is 6.73 Å². The Labute approximate surface area is 269 Å². The molecule has 0 radical (unpaired) electrons. The molecule has 0 bridgehead atoms. The number of rotatable bonds is 15. The lowest BCUT2D eigenvalue weighted by atomic mass is 10.1. The predicted molar refractivity (Wildman–Crippen MR) is 174 cm³/mol. The normalized spacial score (nSPS) is 17.0. The number of carbonyl (C=O) groups excluding carboxylic acids is 3. The Hall–Kier alpha value is -3.05. The number of likely N-dealkylation sites (tertiary alicyclic amines) is 1. The van der Waals surface area contributed by atoms with Gasteiger partial charge in [0, 0.05) is 57.9 Å². The van der Waals surface area contributed by atoms with Crippen molar-refractivity contribution in [2.45, 2.75) is 44.6 Å². The van der Waals surface area contributed by atoms with Gasteiger partial charge in [-0.05, 0) is 62.4 Å². The molecule has 0 aliphatic carbocycles. The molecule has 2 aromatic carbocycles. The van der Waals surface area contributed by atoms with Crippen molar-refractivity contribution in [2.75, 3.05) is 76.0 Å². The van der Waals surface area contributed by atoms with Crippen LogP contribution in [0.25, 0.3) is 0 Å². The number of piperazine rings is 1. The molecule has 2 aliphatic heterocycles. The topological polar surface area (TPSA) is 109 Å². The molecule has 0 saturated carbocycles. The Balaban J connectivity index is 1.23. The first-order valence-corrected chi connectivity index (χ1v) is 16.1. The summed E-state index contributed by atoms with van der Waals surface area (Å²) in [6.07, 6.45) is 5.08. The van der Waals surface area contributed by atoms with Crippen molar-refractivity contribution in [1.82, 2.24) is 9.80 Å². The van der Waals surface area contributed by atoms with Gasteiger partial charge in [0.25, 0.3) is 0 Å². The van der Waals surface area contributed by atoms with Gasteiger partial charge in [0.05, 0.1) is 28.9 Å². The molecule has 2 aliphatic rings. The number of unbranched alkanes of at least 4 members (excludes halogenated alkanes) is 1. The Bertz CT molecular complexity index is 1270. The number of nitrogens with zero attached hydrogens (tertiary/aromatic N) is 4. The molecule has 1 amide bonds. The molecule has 240 valence electrons. The van der Waals surface area contributed by atoms with Crippen LogP contribution in [0.2, 0.25) is 10.0 Å². The summed E-state index contributed by atoms with van der Waals surface area (Å²) in [4.78, 5) is 44.0. The number of benzene rings is 2. The summed E-state index contributed by atoms with van der Waals surface area (Å²) in [5, 5.41) is 1.20. The number of esters is 1. The van der Waals surface area contributed by atoms with Crippen molar-refractivity contribution in [2.24, 2.45) is 5.73 Å². The van der Waals surface area contributed by atoms with Gasteiger partial charge >= 0.3 is 5.97 Å². The van der Waals surface area contributed by atoms with Crippen molar-refractivity contribution < 1.29 is 23.9 Å². The number of aldehydes is 1. The largest absolute Gasteiger partial charge is 0.494 e. The van der Waals surface area contributed by atoms with Gasteiger partial charge in [-0.2, -0.15) is 0 Å². The van der Waals surface area contributed by atoms with Gasteiger partial charge in [0.1, 0.15) is 18.1 Å². The number of hydrogen-bond acceptors (Lipinski definition) is 9. The van der Waals surface area contributed by atoms with E-state index in [9.17, 15) is 14.4 Å². The molecule has 12 heteroatoms. The van der Waals surface area contributed by atoms with Crippen molar-refractivity contribution in [3.63, 3.8) is 0 Å². The Morgan fingerprint density at radius 3 is 2.64 bits per heavy atom. The molecular weight excluding hydrogens is 605 g/mol. The number of ether oxygens (including phenoxy) is 2. The molecule has 2 saturated heterocycles. The summed E-state index contributed by atoms with van der Waals surface area (Å²) >= 11 is 12.6. The second kappa shape index (κ2) is 16.9. The van der Waals surface area contributed by atoms with Crippen molar-refractivity contribution in [3.8, 4) is 5.75 Å². The van der Waals surface area contributed by atoms with Crippen LogP contribution < -0.4 is 20.3 Å². The highest BCUT2D eigenvalue weighted by atomic mass is 35.5. The van der Waals surface area contributed by atoms with Gasteiger partial charge in [-0.1, -0.05) is 35.3 Å². The van der Waals surface area contributed by atoms with E-state index in [0.717, 1.165) is 81.0 Å². The molecule has 1 unspecified atom stereocenters. The SMILES string of the molecule is CN(COC(=O)C1CCCN1C(=O)CN)c1cc(OCCCCN2CCN(c3cccc(Cl)c3Cl)CC2)ccc1CCC=O. The second-order valence-electron chi connectivity index (χ2n) is 11.2. The van der Waals surface area contributed by atoms with Crippen molar-refractivity contribution >= 4 is 52.7 Å². The van der Waals surface area contributed by atoms with Gasteiger partial charge in [-0.3, -0.25) is 9.69 Å². The van der Waals surface area contributed by atoms with Gasteiger partial charge in [-0.25, -0.2) is 4.79 Å². The van der Waals surface area contributed by atoms with Crippen LogP contribution in [0.1, 0.15) is 37.7 Å². The van der Waals surface area contributed by atoms with Crippen molar-refractivity contribution in [1.29, 1.82) is 0 Å². The summed E-state index contributed by atoms with van der Waals surface area (Å²) in [6, 6.07) is 11.0. The first-order valence-electron chi connectivity index (χ1n) is 15.3. The van der Waals surface area contributed by atoms with E-state index in [2.05, 4.69) is 9.80 Å². The minimum Gasteiger partial charge on any atom is -0.494 e. The van der Waals surface area contributed by atoms with Crippen LogP contribution in [0.15, 0.2) is 36.4 Å². The number of aryl methyl sites for hydroxylation is 1. The molecule has 2 N–H and O–H groups in total. The summed E-state index contributed by atoms with van der Waals surface area (Å²) in [7, 11) is 1.83. The highest BCUT2D eigenvalue weighted by molar-refractivity contribution is 6.43. The molecule has 2 heterocycles. The molecule has 44 heavy (non-hydrogen) atoms. The minimum atomic E-state index is -0.603. The first kappa shape index (κ1) is 33.8. The average molecular weight is 649 g/mol. The number of nitrogens with two attached hydrogens (primary N) is 1. The van der Waals surface area contributed by atoms with Crippen LogP contribution in [0, 0.1) is 0 Å². The maximum absolute atomic E-state index is 12.8. The number of halogens is 2. The maximum atomic E-state index is 12.8. The Kier molecular flexibility index (Phi) is 13.0. The number of amides is 1. The van der Waals surface area contributed by atoms with E-state index in [1.807, 2.05) is 48.3 Å². The zero-order valence-electron chi connectivity index (χ0n) is 25.4. The third-order valence-electron chi connectivity index (χ3n) is 8.20. The van der Waals surface area contributed by atoms with Crippen LogP contribution >= 0.6 is 23.2 Å². The zero-order valence-corrected chi connectivity index (χ0v) is 26.9. The lowest BCUT2D eigenvalue weighted by Crippen LogP contribution is -2.46. The van der Waals surface area contributed by atoms with Gasteiger partial charge < -0.3 is 34.7 Å². The smallest absolute Gasteiger partial charge is 0.330 e. The predicted octanol–water partition coefficient (Wildman–Crippen LogP) is 3.99. The quantitative estimate of drug-likeness (QED) is 0.133. The van der Waals surface area contributed by atoms with Gasteiger partial charge in [-0.15, -0.1) is 0 Å². The van der Waals surface area contributed by atoms with E-state index < -0.39 is 12.0 Å². The summed E-state index contributed by atoms with van der Waals surface area (Å²) < 4.78 is 11.7. The fraction of sp³-hybridized carbons (Fsp3) is 0.531. The van der Waals surface area contributed by atoms with E-state index >= 15 is 0 Å². The van der Waals surface area contributed by atoms with Crippen LogP contribution in [-0.2, 0) is 25.5 Å². The van der Waals surface area contributed by atoms with Crippen LogP contribution in [0.4, 0.5) is 11.4 Å². The Morgan fingerprint density at radius 1 is 1.09 bits per heavy atom. The minimum absolute atomic E-state index is 0.00825. The molecule has 2 aromatic rings. The standard InChI is InChI=1S/C32H43Cl2N5O5/c1-36(23-44-32(42)28-10-5-14-39(28)30(41)22-35)29-21-25(12-11-24(29)7-6-19-40)43-20-3-2-13-37-15-17-38(18-16-37)27-9-4-8-26(33)31(27)34/h4,8-9,11-12,19,21,28H,2-3,5-7,10,13-18,20,22-23,35H2,1H3. The van der Waals surface area contributed by atoms with E-state index in [4.69, 9.17) is 38.4 Å². The second-order valence-corrected chi connectivity index (χ2v) is 12.0. The molecule has 2 fully saturated rings. The summed E-state index contributed by atoms with van der Waals surface area (Å²) in [5.74, 6) is 0.0313. The number of hydrogen-bond donors (Lipinski definition) is 1. The Morgan fingerprint density at radius 2 is 1.89 bits per heavy atom. The first-order chi connectivity index (χ1) is 21.3. The monoisotopic (exact) mass is 647 g/mol. The number of carbonyl (C=O) groups is 3. The third kappa shape index (κ3) is 9.00. The van der Waals surface area contributed by atoms with Crippen LogP contribution in [0.3, 0.4) is 0 Å². The summed E-state index contributed by atoms with van der Waals surface area (Å²) in [5.41, 5.74) is 8.28. The van der Waals surface area contributed by atoms with Gasteiger partial charge in [0.2, 0.25) is 5.91 Å². The molecule has 0 aromatic heterocycles. The van der Waals surface area contributed by atoms with Crippen LogP contribution in [-0.4, -0.2) is 100 Å². The number of anilines is 2. The van der Waals surface area contributed by atoms with Crippen LogP contribution in [0.5, 0.6) is 5.75 Å². The molecule has 10 nitrogen and oxygen atoms in total. The van der Waals surface area contributed by atoms with Crippen molar-refractivity contribution in [3.05, 3.63) is 52.0 Å². The zero-order chi connectivity index (χ0) is 31.5. The lowest BCUT2D eigenvalue weighted by molar-refractivity contribution is -0.152. The third-order valence-corrected chi connectivity index (χ3v) is 9.01. The van der Waals surface area contributed by atoms with E-state index in [1.54, 1.807) is 0 Å². The molecule has 4 rings (SSSR count). The lowest BCUT2D eigenvalue weighted by Gasteiger charge is -2.36. The summed E-state index contributed by atoms with van der Waals surface area (Å²) in [6.45, 7) is 5.71. The fourth-order valence-electron chi connectivity index (χ4n) is 5.74. The average Bonchev–Trinajstić information content (AvgIpc) is 3.54. The highest BCUT2D eigenvalue weighted by Crippen LogP contribution is 2.33. The fourth-order valence-corrected chi connectivity index (χ4v) is 6.16. The van der Waals surface area contributed by atoms with E-state index in [-0.39, 0.29) is 19.2 Å². The van der Waals surface area contributed by atoms with E-state index in [0.29, 0.717) is 42.5 Å². The maximum Gasteiger partial charge on any atom is 0.330 e. The molecule has 0 spiro atoms. The molecule has 1 atom stereocenters. The highest BCUT2D eigenvalue weighted by Gasteiger charge is 2.34.